The van der Waals surface area contributed by atoms with Crippen molar-refractivity contribution in [2.75, 3.05) is 13.1 Å². The van der Waals surface area contributed by atoms with Gasteiger partial charge < -0.3 is 15.3 Å². The van der Waals surface area contributed by atoms with Crippen LogP contribution in [0.2, 0.25) is 0 Å². The molecule has 1 aliphatic carbocycles. The first kappa shape index (κ1) is 15.8. The molecule has 0 aromatic heterocycles. The normalized spacial score (nSPS) is 17.9. The second-order valence-corrected chi connectivity index (χ2v) is 6.07. The van der Waals surface area contributed by atoms with Gasteiger partial charge in [-0.2, -0.15) is 0 Å². The molecule has 1 unspecified atom stereocenters. The zero-order valence-electron chi connectivity index (χ0n) is 12.4. The summed E-state index contributed by atoms with van der Waals surface area (Å²) >= 11 is 0. The first-order chi connectivity index (χ1) is 8.80. The van der Waals surface area contributed by atoms with Crippen molar-refractivity contribution in [3.63, 3.8) is 0 Å². The number of nitrogens with zero attached hydrogens (tertiary/aromatic N) is 1. The van der Waals surface area contributed by atoms with Crippen LogP contribution in [0.5, 0.6) is 0 Å². The summed E-state index contributed by atoms with van der Waals surface area (Å²) in [6.07, 6.45) is 2.88. The van der Waals surface area contributed by atoms with E-state index in [2.05, 4.69) is 5.32 Å². The standard InChI is InChI=1S/C14H26N2O3/c1-5-14(4,12(17)18)9-15-13(19)16(10(2)3)8-11-6-7-11/h10-11H,5-9H2,1-4H3,(H,15,19)(H,17,18). The van der Waals surface area contributed by atoms with Gasteiger partial charge in [-0.3, -0.25) is 4.79 Å². The molecule has 1 saturated carbocycles. The molecule has 110 valence electrons. The minimum Gasteiger partial charge on any atom is -0.481 e. The van der Waals surface area contributed by atoms with Crippen LogP contribution in [0, 0.1) is 11.3 Å². The Morgan fingerprint density at radius 2 is 2.00 bits per heavy atom. The van der Waals surface area contributed by atoms with Crippen LogP contribution in [0.15, 0.2) is 0 Å². The van der Waals surface area contributed by atoms with E-state index < -0.39 is 11.4 Å². The van der Waals surface area contributed by atoms with E-state index >= 15 is 0 Å². The molecule has 1 rings (SSSR count). The summed E-state index contributed by atoms with van der Waals surface area (Å²) in [5, 5.41) is 12.0. The predicted molar refractivity (Wildman–Crippen MR) is 74.0 cm³/mol. The van der Waals surface area contributed by atoms with Gasteiger partial charge in [0.2, 0.25) is 0 Å². The number of aliphatic carboxylic acids is 1. The van der Waals surface area contributed by atoms with E-state index in [1.807, 2.05) is 20.8 Å². The number of carbonyl (C=O) groups is 2. The van der Waals surface area contributed by atoms with Gasteiger partial charge in [0.05, 0.1) is 5.41 Å². The van der Waals surface area contributed by atoms with Crippen LogP contribution >= 0.6 is 0 Å². The molecular weight excluding hydrogens is 244 g/mol. The molecule has 0 aromatic carbocycles. The third-order valence-electron chi connectivity index (χ3n) is 3.96. The number of urea groups is 1. The number of carbonyl (C=O) groups excluding carboxylic acids is 1. The van der Waals surface area contributed by atoms with Crippen molar-refractivity contribution in [1.82, 2.24) is 10.2 Å². The van der Waals surface area contributed by atoms with Crippen molar-refractivity contribution in [1.29, 1.82) is 0 Å². The van der Waals surface area contributed by atoms with Gasteiger partial charge in [-0.15, -0.1) is 0 Å². The van der Waals surface area contributed by atoms with Crippen molar-refractivity contribution in [2.45, 2.75) is 53.0 Å². The zero-order chi connectivity index (χ0) is 14.6. The number of carboxylic acids is 1. The van der Waals surface area contributed by atoms with Crippen molar-refractivity contribution >= 4 is 12.0 Å². The van der Waals surface area contributed by atoms with Gasteiger partial charge in [0.1, 0.15) is 0 Å². The molecule has 5 heteroatoms. The largest absolute Gasteiger partial charge is 0.481 e. The fraction of sp³-hybridized carbons (Fsp3) is 0.857. The molecule has 0 heterocycles. The van der Waals surface area contributed by atoms with E-state index in [1.54, 1.807) is 11.8 Å². The lowest BCUT2D eigenvalue weighted by atomic mass is 9.88. The number of amides is 2. The van der Waals surface area contributed by atoms with Gasteiger partial charge in [-0.1, -0.05) is 6.92 Å². The third-order valence-corrected chi connectivity index (χ3v) is 3.96. The predicted octanol–water partition coefficient (Wildman–Crippen LogP) is 2.32. The van der Waals surface area contributed by atoms with Crippen molar-refractivity contribution < 1.29 is 14.7 Å². The highest BCUT2D eigenvalue weighted by atomic mass is 16.4. The van der Waals surface area contributed by atoms with E-state index in [0.717, 1.165) is 6.54 Å². The Kier molecular flexibility index (Phi) is 5.20. The number of hydrogen-bond donors (Lipinski definition) is 2. The van der Waals surface area contributed by atoms with Crippen LogP contribution in [0.1, 0.15) is 47.0 Å². The van der Waals surface area contributed by atoms with E-state index in [1.165, 1.54) is 12.8 Å². The average Bonchev–Trinajstić information content (AvgIpc) is 3.15. The second-order valence-electron chi connectivity index (χ2n) is 6.07. The van der Waals surface area contributed by atoms with Crippen LogP contribution in [0.4, 0.5) is 4.79 Å². The molecule has 1 atom stereocenters. The molecule has 0 aliphatic heterocycles. The van der Waals surface area contributed by atoms with E-state index in [9.17, 15) is 14.7 Å². The highest BCUT2D eigenvalue weighted by Gasteiger charge is 2.33. The number of rotatable bonds is 7. The minimum atomic E-state index is -0.891. The lowest BCUT2D eigenvalue weighted by Crippen LogP contribution is -2.49. The number of nitrogens with one attached hydrogen (secondary N) is 1. The summed E-state index contributed by atoms with van der Waals surface area (Å²) < 4.78 is 0. The Bertz CT molecular complexity index is 340. The zero-order valence-corrected chi connectivity index (χ0v) is 12.4. The fourth-order valence-corrected chi connectivity index (χ4v) is 1.83. The maximum absolute atomic E-state index is 12.2. The molecule has 0 spiro atoms. The molecule has 1 fully saturated rings. The number of hydrogen-bond acceptors (Lipinski definition) is 2. The quantitative estimate of drug-likeness (QED) is 0.746. The van der Waals surface area contributed by atoms with Gasteiger partial charge in [0.15, 0.2) is 0 Å². The topological polar surface area (TPSA) is 69.6 Å². The monoisotopic (exact) mass is 270 g/mol. The fourth-order valence-electron chi connectivity index (χ4n) is 1.83. The van der Waals surface area contributed by atoms with Crippen LogP contribution in [0.3, 0.4) is 0 Å². The Labute approximate surface area is 115 Å². The van der Waals surface area contributed by atoms with Gasteiger partial charge in [0.25, 0.3) is 0 Å². The molecule has 0 radical (unpaired) electrons. The van der Waals surface area contributed by atoms with E-state index in [4.69, 9.17) is 0 Å². The lowest BCUT2D eigenvalue weighted by molar-refractivity contribution is -0.147. The second kappa shape index (κ2) is 6.26. The first-order valence-corrected chi connectivity index (χ1v) is 7.08. The summed E-state index contributed by atoms with van der Waals surface area (Å²) in [5.41, 5.74) is -0.891. The van der Waals surface area contributed by atoms with Gasteiger partial charge in [0, 0.05) is 19.1 Å². The van der Waals surface area contributed by atoms with Crippen molar-refractivity contribution in [3.05, 3.63) is 0 Å². The Hall–Kier alpha value is -1.26. The summed E-state index contributed by atoms with van der Waals surface area (Å²) in [6, 6.07) is -0.0128. The van der Waals surface area contributed by atoms with Crippen LogP contribution in [-0.4, -0.2) is 41.1 Å². The maximum Gasteiger partial charge on any atom is 0.317 e. The minimum absolute atomic E-state index is 0.137. The average molecular weight is 270 g/mol. The molecular formula is C14H26N2O3. The van der Waals surface area contributed by atoms with Gasteiger partial charge in [-0.05, 0) is 46.0 Å². The van der Waals surface area contributed by atoms with Crippen molar-refractivity contribution in [3.8, 4) is 0 Å². The third kappa shape index (κ3) is 4.40. The Morgan fingerprint density at radius 1 is 1.42 bits per heavy atom. The van der Waals surface area contributed by atoms with Crippen molar-refractivity contribution in [2.24, 2.45) is 11.3 Å². The summed E-state index contributed by atoms with van der Waals surface area (Å²) in [5.74, 6) is -0.237. The molecule has 0 bridgehead atoms. The van der Waals surface area contributed by atoms with Crippen LogP contribution in [-0.2, 0) is 4.79 Å². The molecule has 19 heavy (non-hydrogen) atoms. The molecule has 2 amide bonds. The summed E-state index contributed by atoms with van der Waals surface area (Å²) in [7, 11) is 0. The molecule has 5 nitrogen and oxygen atoms in total. The highest BCUT2D eigenvalue weighted by Crippen LogP contribution is 2.30. The molecule has 2 N–H and O–H groups in total. The van der Waals surface area contributed by atoms with Crippen LogP contribution in [0.25, 0.3) is 0 Å². The molecule has 1 aliphatic rings. The maximum atomic E-state index is 12.2. The Balaban J connectivity index is 2.53. The van der Waals surface area contributed by atoms with Gasteiger partial charge in [-0.25, -0.2) is 4.79 Å². The summed E-state index contributed by atoms with van der Waals surface area (Å²) in [4.78, 5) is 25.1. The molecule has 0 aromatic rings. The first-order valence-electron chi connectivity index (χ1n) is 7.08. The SMILES string of the molecule is CCC(C)(CNC(=O)N(CC1CC1)C(C)C)C(=O)O. The van der Waals surface area contributed by atoms with E-state index in [0.29, 0.717) is 12.3 Å². The molecule has 0 saturated heterocycles. The highest BCUT2D eigenvalue weighted by molar-refractivity contribution is 5.78. The number of carboxylic acid groups (broad SMARTS) is 1. The lowest BCUT2D eigenvalue weighted by Gasteiger charge is -2.30. The van der Waals surface area contributed by atoms with E-state index in [-0.39, 0.29) is 18.6 Å². The van der Waals surface area contributed by atoms with Crippen LogP contribution < -0.4 is 5.32 Å². The van der Waals surface area contributed by atoms with Gasteiger partial charge >= 0.3 is 12.0 Å². The summed E-state index contributed by atoms with van der Waals surface area (Å²) in [6.45, 7) is 8.40. The smallest absolute Gasteiger partial charge is 0.317 e. The Morgan fingerprint density at radius 3 is 2.37 bits per heavy atom.